The standard InChI is InChI=1S/C18H15FN2OS/c1-12-3-2-4-14(9-12)17(22)16-11-21-18(23-16)20-10-13-5-7-15(19)8-6-13/h2-9,11H,10H2,1H3,(H,20,21). The monoisotopic (exact) mass is 326 g/mol. The molecule has 0 saturated heterocycles. The maximum Gasteiger partial charge on any atom is 0.204 e. The predicted molar refractivity (Wildman–Crippen MR) is 90.5 cm³/mol. The predicted octanol–water partition coefficient (Wildman–Crippen LogP) is 4.43. The Balaban J connectivity index is 1.68. The molecule has 1 N–H and O–H groups in total. The van der Waals surface area contributed by atoms with Gasteiger partial charge in [-0.15, -0.1) is 0 Å². The Kier molecular flexibility index (Phi) is 4.48. The molecule has 0 aliphatic heterocycles. The van der Waals surface area contributed by atoms with E-state index in [1.165, 1.54) is 23.5 Å². The van der Waals surface area contributed by atoms with Gasteiger partial charge in [0.2, 0.25) is 5.78 Å². The van der Waals surface area contributed by atoms with E-state index in [1.54, 1.807) is 24.4 Å². The molecule has 3 nitrogen and oxygen atoms in total. The largest absolute Gasteiger partial charge is 0.357 e. The number of rotatable bonds is 5. The van der Waals surface area contributed by atoms with Crippen molar-refractivity contribution < 1.29 is 9.18 Å². The number of hydrogen-bond acceptors (Lipinski definition) is 4. The Morgan fingerprint density at radius 2 is 2.00 bits per heavy atom. The van der Waals surface area contributed by atoms with Gasteiger partial charge in [0.25, 0.3) is 0 Å². The lowest BCUT2D eigenvalue weighted by molar-refractivity contribution is 0.104. The molecule has 3 aromatic rings. The van der Waals surface area contributed by atoms with Gasteiger partial charge in [-0.3, -0.25) is 4.79 Å². The zero-order valence-corrected chi connectivity index (χ0v) is 13.4. The molecule has 0 aliphatic carbocycles. The number of thiazole rings is 1. The fraction of sp³-hybridized carbons (Fsp3) is 0.111. The summed E-state index contributed by atoms with van der Waals surface area (Å²) in [6.07, 6.45) is 1.59. The van der Waals surface area contributed by atoms with Crippen molar-refractivity contribution in [1.82, 2.24) is 4.98 Å². The molecule has 5 heteroatoms. The fourth-order valence-corrected chi connectivity index (χ4v) is 2.94. The summed E-state index contributed by atoms with van der Waals surface area (Å²) < 4.78 is 12.9. The number of ketones is 1. The fourth-order valence-electron chi connectivity index (χ4n) is 2.17. The van der Waals surface area contributed by atoms with Crippen LogP contribution in [0.3, 0.4) is 0 Å². The van der Waals surface area contributed by atoms with E-state index < -0.39 is 0 Å². The summed E-state index contributed by atoms with van der Waals surface area (Å²) in [6.45, 7) is 2.49. The minimum Gasteiger partial charge on any atom is -0.357 e. The van der Waals surface area contributed by atoms with Gasteiger partial charge >= 0.3 is 0 Å². The summed E-state index contributed by atoms with van der Waals surface area (Å²) in [6, 6.07) is 13.8. The molecule has 0 aliphatic rings. The van der Waals surface area contributed by atoms with Crippen LogP contribution < -0.4 is 5.32 Å². The SMILES string of the molecule is Cc1cccc(C(=O)c2cnc(NCc3ccc(F)cc3)s2)c1. The molecule has 0 radical (unpaired) electrons. The lowest BCUT2D eigenvalue weighted by Crippen LogP contribution is -1.99. The average molecular weight is 326 g/mol. The van der Waals surface area contributed by atoms with Crippen molar-refractivity contribution in [2.45, 2.75) is 13.5 Å². The van der Waals surface area contributed by atoms with Crippen LogP contribution in [0.15, 0.2) is 54.7 Å². The second-order valence-corrected chi connectivity index (χ2v) is 6.24. The van der Waals surface area contributed by atoms with Gasteiger partial charge in [0.15, 0.2) is 5.13 Å². The van der Waals surface area contributed by atoms with Crippen LogP contribution in [-0.4, -0.2) is 10.8 Å². The second-order valence-electron chi connectivity index (χ2n) is 5.21. The van der Waals surface area contributed by atoms with Crippen LogP contribution in [0.4, 0.5) is 9.52 Å². The van der Waals surface area contributed by atoms with E-state index in [-0.39, 0.29) is 11.6 Å². The summed E-state index contributed by atoms with van der Waals surface area (Å²) in [7, 11) is 0. The number of anilines is 1. The first-order valence-corrected chi connectivity index (χ1v) is 7.99. The van der Waals surface area contributed by atoms with E-state index in [9.17, 15) is 9.18 Å². The van der Waals surface area contributed by atoms with E-state index >= 15 is 0 Å². The highest BCUT2D eigenvalue weighted by atomic mass is 32.1. The van der Waals surface area contributed by atoms with Gasteiger partial charge in [0, 0.05) is 12.1 Å². The van der Waals surface area contributed by atoms with E-state index in [4.69, 9.17) is 0 Å². The van der Waals surface area contributed by atoms with Crippen molar-refractivity contribution in [3.05, 3.63) is 82.1 Å². The highest BCUT2D eigenvalue weighted by Crippen LogP contribution is 2.22. The molecular formula is C18H15FN2OS. The summed E-state index contributed by atoms with van der Waals surface area (Å²) in [4.78, 5) is 17.2. The van der Waals surface area contributed by atoms with Crippen LogP contribution in [0.2, 0.25) is 0 Å². The van der Waals surface area contributed by atoms with Gasteiger partial charge in [-0.1, -0.05) is 47.2 Å². The summed E-state index contributed by atoms with van der Waals surface area (Å²) in [5.41, 5.74) is 2.67. The van der Waals surface area contributed by atoms with Crippen LogP contribution in [-0.2, 0) is 6.54 Å². The van der Waals surface area contributed by atoms with Crippen molar-refractivity contribution in [2.24, 2.45) is 0 Å². The van der Waals surface area contributed by atoms with Gasteiger partial charge in [0.1, 0.15) is 5.82 Å². The first-order valence-electron chi connectivity index (χ1n) is 7.17. The third kappa shape index (κ3) is 3.81. The Morgan fingerprint density at radius 1 is 1.22 bits per heavy atom. The minimum absolute atomic E-state index is 0.0268. The average Bonchev–Trinajstić information content (AvgIpc) is 3.02. The third-order valence-corrected chi connectivity index (χ3v) is 4.32. The minimum atomic E-state index is -0.256. The molecule has 0 saturated carbocycles. The molecule has 0 spiro atoms. The van der Waals surface area contributed by atoms with Gasteiger partial charge in [0.05, 0.1) is 11.1 Å². The molecular weight excluding hydrogens is 311 g/mol. The lowest BCUT2D eigenvalue weighted by Gasteiger charge is -2.02. The smallest absolute Gasteiger partial charge is 0.204 e. The maximum atomic E-state index is 12.9. The number of carbonyl (C=O) groups is 1. The van der Waals surface area contributed by atoms with Crippen LogP contribution in [0.25, 0.3) is 0 Å². The van der Waals surface area contributed by atoms with E-state index in [1.807, 2.05) is 25.1 Å². The van der Waals surface area contributed by atoms with Gasteiger partial charge in [-0.25, -0.2) is 9.37 Å². The van der Waals surface area contributed by atoms with Crippen molar-refractivity contribution >= 4 is 22.3 Å². The van der Waals surface area contributed by atoms with Gasteiger partial charge in [-0.05, 0) is 30.7 Å². The number of benzene rings is 2. The molecule has 1 aromatic heterocycles. The quantitative estimate of drug-likeness (QED) is 0.705. The van der Waals surface area contributed by atoms with Crippen molar-refractivity contribution in [1.29, 1.82) is 0 Å². The normalized spacial score (nSPS) is 10.5. The molecule has 0 bridgehead atoms. The molecule has 0 fully saturated rings. The van der Waals surface area contributed by atoms with Crippen LogP contribution >= 0.6 is 11.3 Å². The number of hydrogen-bond donors (Lipinski definition) is 1. The third-order valence-electron chi connectivity index (χ3n) is 3.37. The molecule has 23 heavy (non-hydrogen) atoms. The Labute approximate surface area is 137 Å². The van der Waals surface area contributed by atoms with Crippen molar-refractivity contribution in [2.75, 3.05) is 5.32 Å². The molecule has 3 rings (SSSR count). The first-order chi connectivity index (χ1) is 11.1. The zero-order valence-electron chi connectivity index (χ0n) is 12.5. The molecule has 0 atom stereocenters. The molecule has 0 unspecified atom stereocenters. The van der Waals surface area contributed by atoms with Gasteiger partial charge in [-0.2, -0.15) is 0 Å². The van der Waals surface area contributed by atoms with E-state index in [0.717, 1.165) is 11.1 Å². The van der Waals surface area contributed by atoms with E-state index in [2.05, 4.69) is 10.3 Å². The lowest BCUT2D eigenvalue weighted by atomic mass is 10.1. The number of aryl methyl sites for hydroxylation is 1. The highest BCUT2D eigenvalue weighted by molar-refractivity contribution is 7.17. The van der Waals surface area contributed by atoms with E-state index in [0.29, 0.717) is 22.1 Å². The molecule has 2 aromatic carbocycles. The van der Waals surface area contributed by atoms with Gasteiger partial charge < -0.3 is 5.32 Å². The van der Waals surface area contributed by atoms with Crippen LogP contribution in [0, 0.1) is 12.7 Å². The van der Waals surface area contributed by atoms with Crippen LogP contribution in [0.1, 0.15) is 26.4 Å². The zero-order chi connectivity index (χ0) is 16.2. The Bertz CT molecular complexity index is 827. The summed E-state index contributed by atoms with van der Waals surface area (Å²) in [5, 5.41) is 3.82. The Morgan fingerprint density at radius 3 is 2.74 bits per heavy atom. The summed E-state index contributed by atoms with van der Waals surface area (Å²) in [5.74, 6) is -0.282. The Hall–Kier alpha value is -2.53. The maximum absolute atomic E-state index is 12.9. The molecule has 1 heterocycles. The number of carbonyl (C=O) groups excluding carboxylic acids is 1. The number of halogens is 1. The molecule has 116 valence electrons. The van der Waals surface area contributed by atoms with Crippen LogP contribution in [0.5, 0.6) is 0 Å². The van der Waals surface area contributed by atoms with Crippen molar-refractivity contribution in [3.63, 3.8) is 0 Å². The number of nitrogens with zero attached hydrogens (tertiary/aromatic N) is 1. The number of nitrogens with one attached hydrogen (secondary N) is 1. The molecule has 0 amide bonds. The first kappa shape index (κ1) is 15.4. The highest BCUT2D eigenvalue weighted by Gasteiger charge is 2.13. The topological polar surface area (TPSA) is 42.0 Å². The summed E-state index contributed by atoms with van der Waals surface area (Å²) >= 11 is 1.32. The number of aromatic nitrogens is 1. The second kappa shape index (κ2) is 6.71. The van der Waals surface area contributed by atoms with Crippen molar-refractivity contribution in [3.8, 4) is 0 Å².